The molecule has 128 valence electrons. The highest BCUT2D eigenvalue weighted by Crippen LogP contribution is 2.22. The molecule has 1 aromatic heterocycles. The first-order chi connectivity index (χ1) is 11.9. The summed E-state index contributed by atoms with van der Waals surface area (Å²) in [6.45, 7) is 1.91. The van der Waals surface area contributed by atoms with Crippen molar-refractivity contribution in [3.8, 4) is 11.1 Å². The summed E-state index contributed by atoms with van der Waals surface area (Å²) in [5.41, 5.74) is 3.57. The van der Waals surface area contributed by atoms with E-state index < -0.39 is 0 Å². The number of likely N-dealkylation sites (N-methyl/N-ethyl adjacent to an activating group) is 1. The largest absolute Gasteiger partial charge is 0.291 e. The Balaban J connectivity index is 1.74. The number of hydrogen-bond acceptors (Lipinski definition) is 3. The quantitative estimate of drug-likeness (QED) is 0.650. The molecule has 0 saturated carbocycles. The molecule has 0 N–H and O–H groups in total. The lowest BCUT2D eigenvalue weighted by Crippen LogP contribution is -2.27. The van der Waals surface area contributed by atoms with Crippen molar-refractivity contribution in [3.63, 3.8) is 0 Å². The van der Waals surface area contributed by atoms with Crippen molar-refractivity contribution in [2.45, 2.75) is 13.3 Å². The molecule has 0 aliphatic carbocycles. The predicted octanol–water partition coefficient (Wildman–Crippen LogP) is 3.96. The van der Waals surface area contributed by atoms with Crippen molar-refractivity contribution in [2.75, 3.05) is 11.9 Å². The van der Waals surface area contributed by atoms with Gasteiger partial charge in [0, 0.05) is 12.4 Å². The molecule has 1 atom stereocenters. The highest BCUT2D eigenvalue weighted by atomic mass is 32.1. The molecule has 1 amide bonds. The van der Waals surface area contributed by atoms with Gasteiger partial charge in [-0.15, -0.1) is 20.6 Å². The van der Waals surface area contributed by atoms with E-state index in [9.17, 15) is 9.18 Å². The topological polar surface area (TPSA) is 33.2 Å². The summed E-state index contributed by atoms with van der Waals surface area (Å²) in [7, 11) is 4.35. The van der Waals surface area contributed by atoms with E-state index in [1.54, 1.807) is 18.0 Å². The van der Waals surface area contributed by atoms with E-state index in [2.05, 4.69) is 14.2 Å². The minimum atomic E-state index is -0.263. The average Bonchev–Trinajstić information content (AvgIpc) is 3.03. The molecule has 0 saturated heterocycles. The summed E-state index contributed by atoms with van der Waals surface area (Å²) in [4.78, 5) is 18.3. The summed E-state index contributed by atoms with van der Waals surface area (Å²) < 4.78 is 13.5. The summed E-state index contributed by atoms with van der Waals surface area (Å²) >= 11 is 1.46. The van der Waals surface area contributed by atoms with E-state index >= 15 is 0 Å². The van der Waals surface area contributed by atoms with Gasteiger partial charge in [0.2, 0.25) is 5.91 Å². The highest BCUT2D eigenvalue weighted by molar-refractivity contribution is 7.28. The Kier molecular flexibility index (Phi) is 5.26. The Morgan fingerprint density at radius 3 is 2.60 bits per heavy atom. The van der Waals surface area contributed by atoms with Crippen molar-refractivity contribution < 1.29 is 9.18 Å². The van der Waals surface area contributed by atoms with E-state index in [0.29, 0.717) is 11.6 Å². The third-order valence-electron chi connectivity index (χ3n) is 3.90. The molecule has 0 aliphatic rings. The molecule has 0 spiro atoms. The third kappa shape index (κ3) is 4.12. The zero-order chi connectivity index (χ0) is 18.0. The van der Waals surface area contributed by atoms with Crippen molar-refractivity contribution in [1.82, 2.24) is 4.98 Å². The number of anilines is 1. The fraction of sp³-hybridized carbons (Fsp3) is 0.158. The van der Waals surface area contributed by atoms with Crippen LogP contribution in [0.4, 0.5) is 9.52 Å². The molecular formula is C19H18FN2OPS. The zero-order valence-electron chi connectivity index (χ0n) is 14.0. The monoisotopic (exact) mass is 372 g/mol. The van der Waals surface area contributed by atoms with Gasteiger partial charge in [-0.25, -0.2) is 9.37 Å². The van der Waals surface area contributed by atoms with E-state index in [1.165, 1.54) is 23.5 Å². The maximum Gasteiger partial charge on any atom is 0.232 e. The molecule has 2 aromatic carbocycles. The molecule has 0 radical (unpaired) electrons. The van der Waals surface area contributed by atoms with Gasteiger partial charge in [0.15, 0.2) is 5.13 Å². The first kappa shape index (κ1) is 17.7. The van der Waals surface area contributed by atoms with Crippen molar-refractivity contribution >= 4 is 36.9 Å². The Morgan fingerprint density at radius 1 is 1.24 bits per heavy atom. The Bertz CT molecular complexity index is 908. The molecule has 3 nitrogen and oxygen atoms in total. The number of nitrogens with zero attached hydrogens (tertiary/aromatic N) is 2. The maximum atomic E-state index is 13.5. The van der Waals surface area contributed by atoms with E-state index in [1.807, 2.05) is 36.6 Å². The minimum absolute atomic E-state index is 0.0143. The lowest BCUT2D eigenvalue weighted by atomic mass is 10.0. The van der Waals surface area contributed by atoms with Crippen LogP contribution < -0.4 is 10.2 Å². The third-order valence-corrected chi connectivity index (χ3v) is 5.44. The van der Waals surface area contributed by atoms with Crippen LogP contribution in [-0.4, -0.2) is 17.9 Å². The van der Waals surface area contributed by atoms with Crippen LogP contribution in [0.15, 0.2) is 47.8 Å². The van der Waals surface area contributed by atoms with Gasteiger partial charge in [0.1, 0.15) is 5.82 Å². The second-order valence-electron chi connectivity index (χ2n) is 5.83. The molecule has 3 rings (SSSR count). The van der Waals surface area contributed by atoms with Crippen LogP contribution in [0, 0.1) is 12.7 Å². The van der Waals surface area contributed by atoms with Crippen molar-refractivity contribution in [3.05, 3.63) is 64.9 Å². The van der Waals surface area contributed by atoms with Crippen LogP contribution >= 0.6 is 20.6 Å². The molecule has 3 aromatic rings. The molecule has 0 aliphatic heterocycles. The van der Waals surface area contributed by atoms with Crippen LogP contribution in [0.3, 0.4) is 0 Å². The number of carbonyl (C=O) groups excluding carboxylic acids is 1. The van der Waals surface area contributed by atoms with Crippen LogP contribution in [0.25, 0.3) is 11.1 Å². The standard InChI is InChI=1S/C19H18FN2OPS/c1-12-11-25-19(21-12)22(2)18(23)9-13-3-5-14(6-4-13)16-10-15(20)7-8-17(16)24/h3-8,10-11H,9,24H2,1-2H3. The Morgan fingerprint density at radius 2 is 1.96 bits per heavy atom. The lowest BCUT2D eigenvalue weighted by molar-refractivity contribution is -0.117. The minimum Gasteiger partial charge on any atom is -0.291 e. The second kappa shape index (κ2) is 7.42. The van der Waals surface area contributed by atoms with Crippen molar-refractivity contribution in [1.29, 1.82) is 0 Å². The van der Waals surface area contributed by atoms with Gasteiger partial charge in [-0.3, -0.25) is 9.69 Å². The number of thiazole rings is 1. The normalized spacial score (nSPS) is 10.7. The van der Waals surface area contributed by atoms with Crippen LogP contribution in [0.2, 0.25) is 0 Å². The number of aromatic nitrogens is 1. The number of rotatable bonds is 4. The van der Waals surface area contributed by atoms with Gasteiger partial charge in [0.25, 0.3) is 0 Å². The number of halogens is 1. The fourth-order valence-electron chi connectivity index (χ4n) is 2.48. The molecule has 1 heterocycles. The van der Waals surface area contributed by atoms with Crippen LogP contribution in [0.1, 0.15) is 11.3 Å². The number of amides is 1. The summed E-state index contributed by atoms with van der Waals surface area (Å²) in [5.74, 6) is -0.277. The number of hydrogen-bond donors (Lipinski definition) is 0. The summed E-state index contributed by atoms with van der Waals surface area (Å²) in [6.07, 6.45) is 0.298. The van der Waals surface area contributed by atoms with Crippen LogP contribution in [0.5, 0.6) is 0 Å². The summed E-state index contributed by atoms with van der Waals surface area (Å²) in [5, 5.41) is 3.56. The van der Waals surface area contributed by atoms with E-state index in [4.69, 9.17) is 0 Å². The fourth-order valence-corrected chi connectivity index (χ4v) is 3.61. The van der Waals surface area contributed by atoms with Gasteiger partial charge < -0.3 is 0 Å². The molecule has 0 bridgehead atoms. The second-order valence-corrected chi connectivity index (χ2v) is 7.29. The maximum absolute atomic E-state index is 13.5. The first-order valence-corrected chi connectivity index (χ1v) is 9.23. The highest BCUT2D eigenvalue weighted by Gasteiger charge is 2.14. The van der Waals surface area contributed by atoms with Gasteiger partial charge in [-0.05, 0) is 41.1 Å². The first-order valence-electron chi connectivity index (χ1n) is 7.77. The van der Waals surface area contributed by atoms with Gasteiger partial charge in [0.05, 0.1) is 12.1 Å². The Labute approximate surface area is 152 Å². The smallest absolute Gasteiger partial charge is 0.232 e. The van der Waals surface area contributed by atoms with E-state index in [-0.39, 0.29) is 11.7 Å². The lowest BCUT2D eigenvalue weighted by Gasteiger charge is -2.14. The average molecular weight is 372 g/mol. The van der Waals surface area contributed by atoms with Gasteiger partial charge in [-0.1, -0.05) is 30.3 Å². The van der Waals surface area contributed by atoms with E-state index in [0.717, 1.165) is 27.7 Å². The summed E-state index contributed by atoms with van der Waals surface area (Å²) in [6, 6.07) is 12.3. The molecular weight excluding hydrogens is 354 g/mol. The number of aryl methyl sites for hydroxylation is 1. The molecule has 6 heteroatoms. The molecule has 1 unspecified atom stereocenters. The predicted molar refractivity (Wildman–Crippen MR) is 105 cm³/mol. The molecule has 0 fully saturated rings. The zero-order valence-corrected chi connectivity index (χ0v) is 16.0. The SMILES string of the molecule is Cc1csc(N(C)C(=O)Cc2ccc(-c3cc(F)ccc3P)cc2)n1. The number of carbonyl (C=O) groups is 1. The number of benzene rings is 2. The van der Waals surface area contributed by atoms with Gasteiger partial charge in [-0.2, -0.15) is 0 Å². The Hall–Kier alpha value is -2.10. The van der Waals surface area contributed by atoms with Crippen LogP contribution in [-0.2, 0) is 11.2 Å². The van der Waals surface area contributed by atoms with Crippen molar-refractivity contribution in [2.24, 2.45) is 0 Å². The molecule has 25 heavy (non-hydrogen) atoms. The van der Waals surface area contributed by atoms with Gasteiger partial charge >= 0.3 is 0 Å².